The predicted molar refractivity (Wildman–Crippen MR) is 230 cm³/mol. The van der Waals surface area contributed by atoms with Crippen LogP contribution in [0.1, 0.15) is 194 Å². The Labute approximate surface area is 337 Å². The van der Waals surface area contributed by atoms with Crippen LogP contribution in [0.2, 0.25) is 0 Å². The van der Waals surface area contributed by atoms with Gasteiger partial charge in [-0.05, 0) is 77.0 Å². The molecule has 0 saturated carbocycles. The zero-order valence-electron chi connectivity index (χ0n) is 35.3. The van der Waals surface area contributed by atoms with Crippen molar-refractivity contribution in [3.63, 3.8) is 0 Å². The topological polar surface area (TPSA) is 108 Å². The Balaban J connectivity index is 4.01. The summed E-state index contributed by atoms with van der Waals surface area (Å²) in [6, 6.07) is 0. The maximum Gasteiger partial charge on any atom is 0.472 e. The van der Waals surface area contributed by atoms with Gasteiger partial charge in [0.2, 0.25) is 0 Å². The van der Waals surface area contributed by atoms with Gasteiger partial charge in [-0.1, -0.05) is 164 Å². The SMILES string of the molecule is CC/C=C\C/C=C\C/C=C\C/C=C\CCCCCCCCCCC(=O)OC(COC(=O)CCCCCCC/C=C\CCCCCCCC)COP(=O)(O)OC. The van der Waals surface area contributed by atoms with E-state index >= 15 is 0 Å². The minimum Gasteiger partial charge on any atom is -0.462 e. The summed E-state index contributed by atoms with van der Waals surface area (Å²) in [4.78, 5) is 34.5. The van der Waals surface area contributed by atoms with E-state index in [2.05, 4.69) is 79.1 Å². The van der Waals surface area contributed by atoms with E-state index in [9.17, 15) is 19.0 Å². The van der Waals surface area contributed by atoms with Crippen molar-refractivity contribution in [3.05, 3.63) is 60.8 Å². The van der Waals surface area contributed by atoms with Crippen molar-refractivity contribution in [2.24, 2.45) is 0 Å². The summed E-state index contributed by atoms with van der Waals surface area (Å²) in [5.74, 6) is -0.824. The van der Waals surface area contributed by atoms with Gasteiger partial charge in [-0.3, -0.25) is 18.6 Å². The molecule has 0 aromatic rings. The molecule has 55 heavy (non-hydrogen) atoms. The van der Waals surface area contributed by atoms with Gasteiger partial charge in [0.25, 0.3) is 0 Å². The molecule has 0 heterocycles. The number of rotatable bonds is 40. The number of carbonyl (C=O) groups excluding carboxylic acids is 2. The molecule has 0 bridgehead atoms. The standard InChI is InChI=1S/C46H81O8P/c1-4-6-8-10-12-14-16-18-20-21-22-23-24-25-27-29-31-33-35-37-39-41-46(48)54-44(43-53-55(49,50)51-3)42-52-45(47)40-38-36-34-32-30-28-26-19-17-15-13-11-9-7-5-2/h6,8,12,14,18-20,22-23,26,44H,4-5,7,9-11,13,15-17,21,24-25,27-43H2,1-3H3,(H,49,50)/b8-6-,14-12-,20-18-,23-22-,26-19-. The van der Waals surface area contributed by atoms with Crippen molar-refractivity contribution >= 4 is 19.8 Å². The van der Waals surface area contributed by atoms with Gasteiger partial charge in [0, 0.05) is 20.0 Å². The van der Waals surface area contributed by atoms with E-state index in [-0.39, 0.29) is 25.4 Å². The average molecular weight is 793 g/mol. The highest BCUT2D eigenvalue weighted by atomic mass is 31.2. The van der Waals surface area contributed by atoms with Crippen molar-refractivity contribution in [1.29, 1.82) is 0 Å². The molecule has 0 aliphatic carbocycles. The van der Waals surface area contributed by atoms with Crippen LogP contribution in [0, 0.1) is 0 Å². The van der Waals surface area contributed by atoms with E-state index in [1.54, 1.807) is 0 Å². The Morgan fingerprint density at radius 1 is 0.527 bits per heavy atom. The molecule has 2 unspecified atom stereocenters. The van der Waals surface area contributed by atoms with Gasteiger partial charge in [-0.25, -0.2) is 4.57 Å². The third-order valence-corrected chi connectivity index (χ3v) is 10.2. The maximum atomic E-state index is 12.5. The second kappa shape index (κ2) is 41.4. The van der Waals surface area contributed by atoms with Gasteiger partial charge in [0.1, 0.15) is 6.61 Å². The predicted octanol–water partition coefficient (Wildman–Crippen LogP) is 13.9. The molecule has 0 aromatic heterocycles. The monoisotopic (exact) mass is 793 g/mol. The fraction of sp³-hybridized carbons (Fsp3) is 0.739. The van der Waals surface area contributed by atoms with Gasteiger partial charge in [0.15, 0.2) is 6.10 Å². The average Bonchev–Trinajstić information content (AvgIpc) is 3.18. The lowest BCUT2D eigenvalue weighted by Crippen LogP contribution is -2.29. The van der Waals surface area contributed by atoms with E-state index in [4.69, 9.17) is 14.0 Å². The molecule has 0 aliphatic heterocycles. The van der Waals surface area contributed by atoms with Crippen molar-refractivity contribution in [2.75, 3.05) is 20.3 Å². The number of phosphoric acid groups is 1. The molecule has 1 N–H and O–H groups in total. The molecule has 0 radical (unpaired) electrons. The van der Waals surface area contributed by atoms with E-state index < -0.39 is 26.5 Å². The number of ether oxygens (including phenoxy) is 2. The zero-order valence-corrected chi connectivity index (χ0v) is 36.2. The molecule has 9 heteroatoms. The van der Waals surface area contributed by atoms with Crippen molar-refractivity contribution in [3.8, 4) is 0 Å². The Kier molecular flexibility index (Phi) is 39.7. The van der Waals surface area contributed by atoms with Gasteiger partial charge in [0.05, 0.1) is 6.61 Å². The highest BCUT2D eigenvalue weighted by molar-refractivity contribution is 7.47. The smallest absolute Gasteiger partial charge is 0.462 e. The number of esters is 2. The van der Waals surface area contributed by atoms with Crippen LogP contribution < -0.4 is 0 Å². The highest BCUT2D eigenvalue weighted by Gasteiger charge is 2.24. The van der Waals surface area contributed by atoms with Crippen molar-refractivity contribution < 1.29 is 37.6 Å². The lowest BCUT2D eigenvalue weighted by Gasteiger charge is -2.19. The summed E-state index contributed by atoms with van der Waals surface area (Å²) < 4.78 is 32.0. The Morgan fingerprint density at radius 2 is 0.927 bits per heavy atom. The number of unbranched alkanes of at least 4 members (excludes halogenated alkanes) is 19. The quantitative estimate of drug-likeness (QED) is 0.0283. The van der Waals surface area contributed by atoms with Gasteiger partial charge in [-0.2, -0.15) is 0 Å². The second-order valence-electron chi connectivity index (χ2n) is 14.4. The lowest BCUT2D eigenvalue weighted by atomic mass is 10.1. The maximum absolute atomic E-state index is 12.5. The lowest BCUT2D eigenvalue weighted by molar-refractivity contribution is -0.161. The van der Waals surface area contributed by atoms with Crippen LogP contribution in [-0.2, 0) is 32.7 Å². The summed E-state index contributed by atoms with van der Waals surface area (Å²) in [7, 11) is -3.21. The first-order chi connectivity index (χ1) is 26.8. The van der Waals surface area contributed by atoms with Gasteiger partial charge in [-0.15, -0.1) is 0 Å². The van der Waals surface area contributed by atoms with Crippen LogP contribution in [0.25, 0.3) is 0 Å². The fourth-order valence-electron chi connectivity index (χ4n) is 5.88. The first kappa shape index (κ1) is 52.8. The van der Waals surface area contributed by atoms with Crippen LogP contribution in [0.15, 0.2) is 60.8 Å². The number of allylic oxidation sites excluding steroid dienone is 10. The minimum absolute atomic E-state index is 0.231. The van der Waals surface area contributed by atoms with Crippen LogP contribution >= 0.6 is 7.82 Å². The zero-order chi connectivity index (χ0) is 40.3. The van der Waals surface area contributed by atoms with Crippen LogP contribution in [0.5, 0.6) is 0 Å². The summed E-state index contributed by atoms with van der Waals surface area (Å²) in [6.07, 6.45) is 51.3. The summed E-state index contributed by atoms with van der Waals surface area (Å²) in [6.45, 7) is 3.76. The third-order valence-electron chi connectivity index (χ3n) is 9.25. The fourth-order valence-corrected chi connectivity index (χ4v) is 6.34. The number of hydrogen-bond donors (Lipinski definition) is 1. The Bertz CT molecular complexity index is 1080. The molecule has 0 aliphatic rings. The molecule has 0 saturated heterocycles. The van der Waals surface area contributed by atoms with Crippen LogP contribution in [0.3, 0.4) is 0 Å². The number of hydrogen-bond acceptors (Lipinski definition) is 7. The second-order valence-corrected chi connectivity index (χ2v) is 16.0. The number of phosphoric ester groups is 1. The molecule has 2 atom stereocenters. The summed E-state index contributed by atoms with van der Waals surface area (Å²) in [5.41, 5.74) is 0. The molecule has 8 nitrogen and oxygen atoms in total. The third kappa shape index (κ3) is 41.2. The van der Waals surface area contributed by atoms with Gasteiger partial charge < -0.3 is 14.4 Å². The van der Waals surface area contributed by atoms with Crippen molar-refractivity contribution in [2.45, 2.75) is 200 Å². The van der Waals surface area contributed by atoms with Crippen molar-refractivity contribution in [1.82, 2.24) is 0 Å². The molecular formula is C46H81O8P. The summed E-state index contributed by atoms with van der Waals surface area (Å²) >= 11 is 0. The first-order valence-corrected chi connectivity index (χ1v) is 23.5. The van der Waals surface area contributed by atoms with E-state index in [0.29, 0.717) is 6.42 Å². The molecule has 0 amide bonds. The molecule has 0 fully saturated rings. The van der Waals surface area contributed by atoms with Crippen LogP contribution in [-0.4, -0.2) is 43.3 Å². The molecule has 0 rings (SSSR count). The highest BCUT2D eigenvalue weighted by Crippen LogP contribution is 2.42. The van der Waals surface area contributed by atoms with Crippen LogP contribution in [0.4, 0.5) is 0 Å². The largest absolute Gasteiger partial charge is 0.472 e. The summed E-state index contributed by atoms with van der Waals surface area (Å²) in [5, 5.41) is 0. The molecule has 0 spiro atoms. The van der Waals surface area contributed by atoms with E-state index in [1.807, 2.05) is 0 Å². The molecular weight excluding hydrogens is 711 g/mol. The molecule has 318 valence electrons. The Morgan fingerprint density at radius 3 is 1.40 bits per heavy atom. The van der Waals surface area contributed by atoms with E-state index in [1.165, 1.54) is 70.6 Å². The minimum atomic E-state index is -4.27. The normalized spacial score (nSPS) is 13.9. The van der Waals surface area contributed by atoms with Gasteiger partial charge >= 0.3 is 19.8 Å². The number of carbonyl (C=O) groups is 2. The molecule has 0 aromatic carbocycles. The van der Waals surface area contributed by atoms with E-state index in [0.717, 1.165) is 97.0 Å². The first-order valence-electron chi connectivity index (χ1n) is 22.0. The Hall–Kier alpha value is -2.25.